The fraction of sp³-hybridized carbons (Fsp3) is 0.597. The number of carboxylic acid groups (broad SMARTS) is 1. The van der Waals surface area contributed by atoms with E-state index in [9.17, 15) is 39.3 Å². The van der Waals surface area contributed by atoms with E-state index in [4.69, 9.17) is 32.5 Å². The molecule has 19 nitrogen and oxygen atoms in total. The van der Waals surface area contributed by atoms with Crippen LogP contribution in [0.25, 0.3) is 33.4 Å². The van der Waals surface area contributed by atoms with Gasteiger partial charge in [0.15, 0.2) is 13.7 Å². The normalized spacial score (nSPS) is 30.2. The number of ether oxygens (including phenoxy) is 5. The molecule has 502 valence electrons. The molecule has 4 N–H and O–H groups in total. The zero-order chi connectivity index (χ0) is 67.3. The van der Waals surface area contributed by atoms with E-state index in [1.807, 2.05) is 33.8 Å². The number of nitrogens with one attached hydrogen (secondary N) is 1. The van der Waals surface area contributed by atoms with Gasteiger partial charge in [-0.15, -0.1) is 0 Å². The van der Waals surface area contributed by atoms with Crippen molar-refractivity contribution in [1.82, 2.24) is 10.2 Å². The molecule has 2 aliphatic carbocycles. The molecule has 2 saturated heterocycles. The van der Waals surface area contributed by atoms with Gasteiger partial charge in [0.2, 0.25) is 5.79 Å². The molecule has 0 aromatic heterocycles. The van der Waals surface area contributed by atoms with Gasteiger partial charge in [0.1, 0.15) is 41.1 Å². The molecule has 4 heterocycles. The van der Waals surface area contributed by atoms with Crippen molar-refractivity contribution in [2.45, 2.75) is 207 Å². The van der Waals surface area contributed by atoms with Gasteiger partial charge in [0.25, 0.3) is 11.7 Å². The fourth-order valence-corrected chi connectivity index (χ4v) is 15.4. The fourth-order valence-electron chi connectivity index (χ4n) is 14.0. The number of hydrogen-bond acceptors (Lipinski definition) is 16. The van der Waals surface area contributed by atoms with Crippen molar-refractivity contribution < 1.29 is 76.6 Å². The van der Waals surface area contributed by atoms with Crippen LogP contribution in [-0.4, -0.2) is 134 Å². The number of aliphatic hydroxyl groups is 1. The second-order valence-electron chi connectivity index (χ2n) is 28.4. The number of benzene rings is 3. The third kappa shape index (κ3) is 16.0. The van der Waals surface area contributed by atoms with Gasteiger partial charge in [0, 0.05) is 67.5 Å². The number of aromatic hydroxyl groups is 1. The number of methoxy groups -OCH3 is 2. The largest absolute Gasteiger partial charge is 0.508 e. The molecular weight excluding hydrogens is 1190 g/mol. The van der Waals surface area contributed by atoms with E-state index in [0.29, 0.717) is 59.6 Å². The highest BCUT2D eigenvalue weighted by Gasteiger charge is 2.57. The highest BCUT2D eigenvalue weighted by molar-refractivity contribution is 6.74. The lowest BCUT2D eigenvalue weighted by molar-refractivity contribution is -0.302. The molecule has 2 bridgehead atoms. The van der Waals surface area contributed by atoms with Crippen LogP contribution in [0, 0.1) is 41.4 Å². The lowest BCUT2D eigenvalue weighted by Gasteiger charge is -2.47. The number of esters is 1. The van der Waals surface area contributed by atoms with Crippen LogP contribution in [0.5, 0.6) is 5.75 Å². The zero-order valence-electron chi connectivity index (χ0n) is 56.3. The molecule has 1 saturated carbocycles. The summed E-state index contributed by atoms with van der Waals surface area (Å²) >= 11 is 0. The van der Waals surface area contributed by atoms with Crippen LogP contribution in [0.2, 0.25) is 18.1 Å². The number of aromatic carboxylic acids is 1. The van der Waals surface area contributed by atoms with E-state index in [2.05, 4.69) is 59.1 Å². The van der Waals surface area contributed by atoms with E-state index in [0.717, 1.165) is 30.4 Å². The first-order valence-electron chi connectivity index (χ1n) is 32.9. The molecule has 0 radical (unpaired) electrons. The average molecular weight is 1290 g/mol. The summed E-state index contributed by atoms with van der Waals surface area (Å²) in [6, 6.07) is 12.5. The standard InChI is InChI=1S/C72H98N2O17Si/c1-40-31-41(2)33-60(85-11)65-61(86-12)36-45(6)72(84,90-65)66(78)67(79)74-29-18-17-21-55(74)69(82)89-63(44(5)35-47-23-22-42(3)43(4)34-47)46(7)58(91-92(13,14)71(8,9)10)38-57(77)48(32-40)28-30-87-70(83)73-39-54-56(76)27-26-53-62(50-19-15-16-20-51(50)68(80)81)52-25-24-49(75)37-59(52)88-64(53)54/h15-16,19-20,24-27,32,35,37,41-43,45-48,55,58,60-61,63,65,75,84H,17-18,21-23,28-31,33-34,36,38-39H2,1-14H3,(H,73,83)(H,80,81)/b40-32+,44-35+/t41-,42?,43?,45?,46+,47?,48+,55?,58?,60-,61-,63+,65+,72?/m0/s1. The lowest BCUT2D eigenvalue weighted by atomic mass is 9.75. The van der Waals surface area contributed by atoms with Crippen LogP contribution in [0.15, 0.2) is 87.1 Å². The van der Waals surface area contributed by atoms with Crippen molar-refractivity contribution in [1.29, 1.82) is 0 Å². The molecule has 92 heavy (non-hydrogen) atoms. The van der Waals surface area contributed by atoms with Crippen LogP contribution in [-0.2, 0) is 53.8 Å². The average Bonchev–Trinajstić information content (AvgIpc) is 0.760. The van der Waals surface area contributed by atoms with Crippen LogP contribution in [0.4, 0.5) is 4.79 Å². The minimum atomic E-state index is -2.74. The Balaban J connectivity index is 1.15. The number of carboxylic acids is 1. The van der Waals surface area contributed by atoms with Crippen molar-refractivity contribution >= 4 is 54.8 Å². The number of hydrogen-bond donors (Lipinski definition) is 4. The van der Waals surface area contributed by atoms with Gasteiger partial charge in [-0.3, -0.25) is 19.2 Å². The third-order valence-corrected chi connectivity index (χ3v) is 25.2. The van der Waals surface area contributed by atoms with Crippen molar-refractivity contribution in [3.63, 3.8) is 0 Å². The molecule has 8 rings (SSSR count). The summed E-state index contributed by atoms with van der Waals surface area (Å²) in [6.45, 7) is 24.0. The summed E-state index contributed by atoms with van der Waals surface area (Å²) in [6.07, 6.45) is 4.10. The number of nitrogens with zero attached hydrogens (tertiary/aromatic N) is 1. The van der Waals surface area contributed by atoms with Gasteiger partial charge < -0.3 is 58.1 Å². The highest BCUT2D eigenvalue weighted by Crippen LogP contribution is 2.45. The second kappa shape index (κ2) is 29.8. The number of alkyl carbamates (subject to hydrolysis) is 1. The summed E-state index contributed by atoms with van der Waals surface area (Å²) in [7, 11) is 0.274. The smallest absolute Gasteiger partial charge is 0.407 e. The van der Waals surface area contributed by atoms with Crippen molar-refractivity contribution in [2.75, 3.05) is 27.4 Å². The number of allylic oxidation sites excluding steroid dienone is 3. The molecule has 14 atom stereocenters. The quantitative estimate of drug-likeness (QED) is 0.0319. The topological polar surface area (TPSA) is 264 Å². The monoisotopic (exact) mass is 1290 g/mol. The minimum Gasteiger partial charge on any atom is -0.508 e. The number of rotatable bonds is 13. The van der Waals surface area contributed by atoms with Crippen LogP contribution < -0.4 is 10.7 Å². The summed E-state index contributed by atoms with van der Waals surface area (Å²) in [5, 5.41) is 36.1. The minimum absolute atomic E-state index is 0.000102. The van der Waals surface area contributed by atoms with Crippen LogP contribution in [0.1, 0.15) is 156 Å². The van der Waals surface area contributed by atoms with Crippen LogP contribution in [0.3, 0.4) is 0 Å². The number of Topliss-reactive ketones (excluding diaryl/α,β-unsaturated/α-hetero) is 2. The van der Waals surface area contributed by atoms with Gasteiger partial charge in [-0.2, -0.15) is 0 Å². The zero-order valence-corrected chi connectivity index (χ0v) is 57.3. The van der Waals surface area contributed by atoms with Gasteiger partial charge in [-0.25, -0.2) is 14.4 Å². The molecule has 6 aliphatic rings. The molecule has 2 amide bonds. The predicted molar refractivity (Wildman–Crippen MR) is 351 cm³/mol. The maximum atomic E-state index is 15.6. The van der Waals surface area contributed by atoms with Crippen LogP contribution >= 0.6 is 0 Å². The Bertz CT molecular complexity index is 3440. The van der Waals surface area contributed by atoms with Crippen molar-refractivity contribution in [3.8, 4) is 28.2 Å². The van der Waals surface area contributed by atoms with E-state index >= 15 is 9.59 Å². The number of ketones is 2. The van der Waals surface area contributed by atoms with E-state index < -0.39 is 104 Å². The number of carbonyl (C=O) groups is 6. The number of carbonyl (C=O) groups excluding carboxylic acids is 5. The van der Waals surface area contributed by atoms with E-state index in [-0.39, 0.29) is 96.3 Å². The first-order valence-corrected chi connectivity index (χ1v) is 35.8. The molecule has 0 spiro atoms. The lowest BCUT2D eigenvalue weighted by Crippen LogP contribution is -2.64. The molecule has 3 fully saturated rings. The van der Waals surface area contributed by atoms with Gasteiger partial charge in [0.05, 0.1) is 42.6 Å². The van der Waals surface area contributed by atoms with Gasteiger partial charge in [-0.05, 0) is 161 Å². The SMILES string of the molecule is CO[C@H]1CC(C)C2(O)O[C@@H]1[C@@H](OC)C[C@@H](C)C/C(C)=C/[C@@H](CCOC(=O)NCc1c3oc4cc(O)ccc4c(-c4ccccc4C(=O)O)c-3ccc1=O)C(=O)CC(O[Si](C)(C)C(C)(C)C)[C@@H](C)[C@@H](/C(C)=C/C1CCC(C)C(C)C1)OC(=O)C1CCCCN1C(=O)C2=O. The third-order valence-electron chi connectivity index (χ3n) is 20.6. The Morgan fingerprint density at radius 3 is 2.25 bits per heavy atom. The Hall–Kier alpha value is -6.55. The Labute approximate surface area is 542 Å². The van der Waals surface area contributed by atoms with Crippen molar-refractivity contribution in [2.24, 2.45) is 41.4 Å². The highest BCUT2D eigenvalue weighted by atomic mass is 28.4. The molecule has 4 aliphatic heterocycles. The summed E-state index contributed by atoms with van der Waals surface area (Å²) in [5.74, 6) is -8.32. The predicted octanol–water partition coefficient (Wildman–Crippen LogP) is 12.6. The molecular formula is C72H98N2O17Si. The molecule has 2 aromatic rings. The van der Waals surface area contributed by atoms with Gasteiger partial charge in [-0.1, -0.05) is 91.3 Å². The maximum Gasteiger partial charge on any atom is 0.407 e. The summed E-state index contributed by atoms with van der Waals surface area (Å²) in [5.41, 5.74) is 2.52. The number of piperidine rings is 1. The Morgan fingerprint density at radius 2 is 1.57 bits per heavy atom. The number of phenolic OH excluding ortho intramolecular Hbond substituents is 1. The Morgan fingerprint density at radius 1 is 0.859 bits per heavy atom. The maximum absolute atomic E-state index is 15.6. The summed E-state index contributed by atoms with van der Waals surface area (Å²) < 4.78 is 44.7. The second-order valence-corrected chi connectivity index (χ2v) is 33.2. The molecule has 7 unspecified atom stereocenters. The number of phenols is 1. The first-order chi connectivity index (χ1) is 43.4. The number of cyclic esters (lactones) is 1. The summed E-state index contributed by atoms with van der Waals surface area (Å²) in [4.78, 5) is 102. The number of fused-ring (bicyclic) bond motifs is 5. The number of amides is 2. The van der Waals surface area contributed by atoms with Gasteiger partial charge >= 0.3 is 18.0 Å². The van der Waals surface area contributed by atoms with E-state index in [1.54, 1.807) is 31.2 Å². The molecule has 20 heteroatoms. The van der Waals surface area contributed by atoms with E-state index in [1.165, 1.54) is 49.5 Å². The molecule has 2 aromatic carbocycles. The van der Waals surface area contributed by atoms with Crippen molar-refractivity contribution in [3.05, 3.63) is 99.2 Å². The Kier molecular flexibility index (Phi) is 23.1. The first kappa shape index (κ1) is 71.3.